The molecule has 4 aromatic rings. The zero-order chi connectivity index (χ0) is 34.8. The number of aromatic nitrogens is 4. The van der Waals surface area contributed by atoms with Gasteiger partial charge in [-0.05, 0) is 77.5 Å². The first kappa shape index (κ1) is 34.3. The second-order valence-electron chi connectivity index (χ2n) is 13.1. The Labute approximate surface area is 290 Å². The highest BCUT2D eigenvalue weighted by Crippen LogP contribution is 2.43. The molecule has 2 saturated heterocycles. The molecule has 4 heterocycles. The van der Waals surface area contributed by atoms with Crippen LogP contribution in [0.1, 0.15) is 43.7 Å². The second-order valence-corrected chi connectivity index (χ2v) is 13.5. The maximum absolute atomic E-state index is 16.8. The van der Waals surface area contributed by atoms with Crippen LogP contribution in [-0.2, 0) is 4.79 Å². The maximum atomic E-state index is 16.8. The van der Waals surface area contributed by atoms with Crippen LogP contribution in [0.5, 0.6) is 5.88 Å². The Morgan fingerprint density at radius 2 is 2.08 bits per heavy atom. The first-order chi connectivity index (χ1) is 23.6. The number of carbonyl (C=O) groups excluding carboxylic acids is 1. The van der Waals surface area contributed by atoms with Gasteiger partial charge in [-0.25, -0.2) is 18.9 Å². The lowest BCUT2D eigenvalue weighted by molar-refractivity contribution is -0.130. The number of pyridine rings is 1. The molecule has 0 radical (unpaired) electrons. The summed E-state index contributed by atoms with van der Waals surface area (Å²) in [7, 11) is 5.91. The highest BCUT2D eigenvalue weighted by molar-refractivity contribution is 6.34. The average molecular weight is 684 g/mol. The predicted octanol–water partition coefficient (Wildman–Crippen LogP) is 6.33. The zero-order valence-electron chi connectivity index (χ0n) is 28.2. The van der Waals surface area contributed by atoms with Crippen molar-refractivity contribution in [3.63, 3.8) is 0 Å². The number of rotatable bonds is 9. The molecule has 0 saturated carbocycles. The number of ether oxygens (including phenoxy) is 1. The molecule has 2 aromatic heterocycles. The van der Waals surface area contributed by atoms with Crippen LogP contribution in [0.15, 0.2) is 36.4 Å². The molecule has 3 atom stereocenters. The van der Waals surface area contributed by atoms with Gasteiger partial charge in [0.2, 0.25) is 11.8 Å². The van der Waals surface area contributed by atoms with Crippen molar-refractivity contribution in [2.75, 3.05) is 47.4 Å². The van der Waals surface area contributed by atoms with Crippen LogP contribution >= 0.6 is 11.6 Å². The van der Waals surface area contributed by atoms with Crippen molar-refractivity contribution in [1.82, 2.24) is 34.7 Å². The van der Waals surface area contributed by atoms with Crippen LogP contribution < -0.4 is 4.74 Å². The van der Waals surface area contributed by atoms with Crippen molar-refractivity contribution < 1.29 is 13.9 Å². The lowest BCUT2D eigenvalue weighted by atomic mass is 9.94. The van der Waals surface area contributed by atoms with Crippen LogP contribution in [0.2, 0.25) is 5.02 Å². The third kappa shape index (κ3) is 6.69. The minimum absolute atomic E-state index is 0.0602. The number of nitriles is 1. The molecule has 0 unspecified atom stereocenters. The molecular weight excluding hydrogens is 645 g/mol. The number of piperidine rings is 1. The van der Waals surface area contributed by atoms with Gasteiger partial charge in [0.05, 0.1) is 30.1 Å². The van der Waals surface area contributed by atoms with E-state index in [4.69, 9.17) is 27.9 Å². The summed E-state index contributed by atoms with van der Waals surface area (Å²) in [6, 6.07) is 8.69. The van der Waals surface area contributed by atoms with E-state index in [-0.39, 0.29) is 52.4 Å². The smallest absolute Gasteiger partial charge is 0.246 e. The Morgan fingerprint density at radius 1 is 1.27 bits per heavy atom. The van der Waals surface area contributed by atoms with Gasteiger partial charge in [-0.15, -0.1) is 5.10 Å². The number of likely N-dealkylation sites (N-methyl/N-ethyl adjacent to an activating group) is 2. The van der Waals surface area contributed by atoms with Crippen molar-refractivity contribution >= 4 is 45.1 Å². The fraction of sp³-hybridized carbons (Fsp3) is 0.444. The van der Waals surface area contributed by atoms with Gasteiger partial charge in [0.25, 0.3) is 0 Å². The van der Waals surface area contributed by atoms with Crippen molar-refractivity contribution in [3.05, 3.63) is 64.2 Å². The summed E-state index contributed by atoms with van der Waals surface area (Å²) in [5.41, 5.74) is 2.69. The minimum atomic E-state index is -0.627. The van der Waals surface area contributed by atoms with Gasteiger partial charge in [-0.1, -0.05) is 41.1 Å². The van der Waals surface area contributed by atoms with Crippen LogP contribution in [0.4, 0.5) is 10.1 Å². The fourth-order valence-electron chi connectivity index (χ4n) is 7.03. The quantitative estimate of drug-likeness (QED) is 0.149. The highest BCUT2D eigenvalue weighted by Gasteiger charge is 2.34. The van der Waals surface area contributed by atoms with E-state index in [1.54, 1.807) is 46.8 Å². The number of carbonyl (C=O) groups is 1. The van der Waals surface area contributed by atoms with Crippen LogP contribution in [0, 0.1) is 30.6 Å². The molecule has 0 spiro atoms. The Kier molecular flexibility index (Phi) is 10.1. The molecule has 6 rings (SSSR count). The summed E-state index contributed by atoms with van der Waals surface area (Å²) in [5, 5.41) is 19.4. The molecule has 1 amide bonds. The lowest BCUT2D eigenvalue weighted by Gasteiger charge is -2.38. The number of benzene rings is 2. The Bertz CT molecular complexity index is 2010. The van der Waals surface area contributed by atoms with E-state index < -0.39 is 5.82 Å². The third-order valence-electron chi connectivity index (χ3n) is 9.71. The van der Waals surface area contributed by atoms with Crippen LogP contribution in [0.3, 0.4) is 0 Å². The molecule has 2 fully saturated rings. The van der Waals surface area contributed by atoms with Crippen LogP contribution in [-0.4, -0.2) is 100 Å². The summed E-state index contributed by atoms with van der Waals surface area (Å²) < 4.78 is 24.9. The van der Waals surface area contributed by atoms with Gasteiger partial charge in [-0.3, -0.25) is 4.79 Å². The third-order valence-corrected chi connectivity index (χ3v) is 10.0. The molecule has 13 heteroatoms. The molecule has 254 valence electrons. The number of hydrogen-bond acceptors (Lipinski definition) is 8. The maximum Gasteiger partial charge on any atom is 0.246 e. The molecule has 0 bridgehead atoms. The first-order valence-corrected chi connectivity index (χ1v) is 16.9. The number of likely N-dealkylation sites (tertiary alicyclic amines) is 2. The Balaban J connectivity index is 1.46. The first-order valence-electron chi connectivity index (χ1n) is 16.5. The molecule has 0 aliphatic carbocycles. The van der Waals surface area contributed by atoms with Crippen molar-refractivity contribution in [2.45, 2.75) is 57.2 Å². The van der Waals surface area contributed by atoms with Gasteiger partial charge >= 0.3 is 0 Å². The molecule has 2 aliphatic rings. The number of fused-ring (bicyclic) bond motifs is 3. The van der Waals surface area contributed by atoms with E-state index >= 15 is 4.39 Å². The highest BCUT2D eigenvalue weighted by atomic mass is 35.5. The normalized spacial score (nSPS) is 20.0. The van der Waals surface area contributed by atoms with E-state index in [0.29, 0.717) is 65.8 Å². The number of hydrogen-bond donors (Lipinski definition) is 0. The second kappa shape index (κ2) is 14.5. The molecule has 49 heavy (non-hydrogen) atoms. The van der Waals surface area contributed by atoms with Crippen molar-refractivity contribution in [2.24, 2.45) is 0 Å². The molecule has 0 N–H and O–H groups in total. The molecule has 11 nitrogen and oxygen atoms in total. The summed E-state index contributed by atoms with van der Waals surface area (Å²) in [6.45, 7) is 11.7. The number of amides is 1. The van der Waals surface area contributed by atoms with Gasteiger partial charge in [0, 0.05) is 42.2 Å². The monoisotopic (exact) mass is 683 g/mol. The van der Waals surface area contributed by atoms with Gasteiger partial charge < -0.3 is 19.4 Å². The Hall–Kier alpha value is -4.62. The van der Waals surface area contributed by atoms with E-state index in [1.165, 1.54) is 0 Å². The van der Waals surface area contributed by atoms with E-state index in [0.717, 1.165) is 19.4 Å². The van der Waals surface area contributed by atoms with E-state index in [1.807, 2.05) is 25.1 Å². The largest absolute Gasteiger partial charge is 0.474 e. The lowest BCUT2D eigenvalue weighted by Crippen LogP contribution is -2.46. The van der Waals surface area contributed by atoms with E-state index in [9.17, 15) is 10.1 Å². The average Bonchev–Trinajstić information content (AvgIpc) is 3.71. The fourth-order valence-corrected chi connectivity index (χ4v) is 7.32. The number of nitrogens with zero attached hydrogens (tertiary/aromatic N) is 9. The SMILES string of the molecule is [C-]#[N+]c1cccc(-c2c(Cl)cc3c(nc(OC[C@@H]4CCCN4C)c4nnn([C@H]5CCN(C(=O)/C=C/CN(C)C)[C@H](CC#N)C5)c43)c2F)c1C. The summed E-state index contributed by atoms with van der Waals surface area (Å²) in [5.74, 6) is -0.581. The van der Waals surface area contributed by atoms with E-state index in [2.05, 4.69) is 33.2 Å². The minimum Gasteiger partial charge on any atom is -0.474 e. The Morgan fingerprint density at radius 3 is 2.80 bits per heavy atom. The standard InChI is InChI=1S/C36H39ClFN9O2/c1-22-26(10-6-11-29(22)40-2)31-28(37)20-27-33(32(31)38)41-36(49-21-25-9-7-17-45(25)5)34-35(27)47(43-42-34)24-14-18-46(23(19-24)13-15-39)30(48)12-8-16-44(3)4/h6,8,10-12,20,23-25H,7,9,13-14,16-19,21H2,1,3-5H3/b12-8+/t23-,24+,25+/m1/s1. The van der Waals surface area contributed by atoms with Gasteiger partial charge in [0.1, 0.15) is 17.6 Å². The molecular formula is C36H39ClFN9O2. The zero-order valence-corrected chi connectivity index (χ0v) is 28.9. The summed E-state index contributed by atoms with van der Waals surface area (Å²) >= 11 is 6.88. The molecule has 2 aromatic carbocycles. The van der Waals surface area contributed by atoms with Crippen molar-refractivity contribution in [3.8, 4) is 23.1 Å². The topological polar surface area (TPSA) is 108 Å². The predicted molar refractivity (Wildman–Crippen MR) is 187 cm³/mol. The number of halogens is 2. The summed E-state index contributed by atoms with van der Waals surface area (Å²) in [4.78, 5) is 27.4. The van der Waals surface area contributed by atoms with Gasteiger partial charge in [-0.2, -0.15) is 5.26 Å². The van der Waals surface area contributed by atoms with Crippen LogP contribution in [0.25, 0.3) is 37.9 Å². The molecule has 2 aliphatic heterocycles. The van der Waals surface area contributed by atoms with Crippen molar-refractivity contribution in [1.29, 1.82) is 5.26 Å². The van der Waals surface area contributed by atoms with Gasteiger partial charge in [0.15, 0.2) is 17.0 Å². The summed E-state index contributed by atoms with van der Waals surface area (Å²) in [6.07, 6.45) is 6.61.